The summed E-state index contributed by atoms with van der Waals surface area (Å²) in [6, 6.07) is 7.68. The minimum atomic E-state index is -3.89. The maximum Gasteiger partial charge on any atom is 0.346 e. The number of terminal acetylenes is 1. The van der Waals surface area contributed by atoms with Crippen LogP contribution >= 0.6 is 27.0 Å². The molecule has 0 saturated carbocycles. The highest BCUT2D eigenvalue weighted by molar-refractivity contribution is 7.98. The van der Waals surface area contributed by atoms with Crippen molar-refractivity contribution >= 4 is 27.0 Å². The van der Waals surface area contributed by atoms with E-state index in [0.717, 1.165) is 10.5 Å². The first-order chi connectivity index (χ1) is 13.9. The first kappa shape index (κ1) is 26.5. The molecule has 0 saturated heterocycles. The van der Waals surface area contributed by atoms with Crippen molar-refractivity contribution in [3.8, 4) is 12.3 Å². The second kappa shape index (κ2) is 13.0. The highest BCUT2D eigenvalue weighted by atomic mass is 32.2. The van der Waals surface area contributed by atoms with Crippen LogP contribution in [-0.2, 0) is 27.2 Å². The molecule has 1 rings (SSSR count). The van der Waals surface area contributed by atoms with E-state index in [4.69, 9.17) is 24.5 Å². The van der Waals surface area contributed by atoms with Crippen LogP contribution in [0.2, 0.25) is 0 Å². The van der Waals surface area contributed by atoms with E-state index in [1.54, 1.807) is 39.5 Å². The summed E-state index contributed by atoms with van der Waals surface area (Å²) in [5.41, 5.74) is 0.782. The van der Waals surface area contributed by atoms with Gasteiger partial charge in [0, 0.05) is 17.2 Å². The van der Waals surface area contributed by atoms with Crippen LogP contribution in [0.25, 0.3) is 0 Å². The second-order valence-electron chi connectivity index (χ2n) is 5.95. The topological polar surface area (TPSA) is 71.1 Å². The molecule has 0 fully saturated rings. The first-order valence-electron chi connectivity index (χ1n) is 9.70. The minimum absolute atomic E-state index is 0.125. The first-order valence-corrected chi connectivity index (χ1v) is 14.1. The molecule has 164 valence electrons. The number of hydrogen-bond acceptors (Lipinski definition) is 7. The molecule has 1 unspecified atom stereocenters. The highest BCUT2D eigenvalue weighted by Crippen LogP contribution is 2.74. The van der Waals surface area contributed by atoms with Gasteiger partial charge in [0.25, 0.3) is 0 Å². The second-order valence-corrected chi connectivity index (χ2v) is 11.5. The molecule has 0 spiro atoms. The van der Waals surface area contributed by atoms with Gasteiger partial charge in [0.2, 0.25) is 0 Å². The van der Waals surface area contributed by atoms with Crippen LogP contribution < -0.4 is 0 Å². The predicted molar refractivity (Wildman–Crippen MR) is 120 cm³/mol. The Morgan fingerprint density at radius 3 is 1.62 bits per heavy atom. The van der Waals surface area contributed by atoms with E-state index in [-0.39, 0.29) is 32.8 Å². The molecule has 0 heterocycles. The molecule has 1 atom stereocenters. The molecule has 9 heteroatoms. The van der Waals surface area contributed by atoms with E-state index in [1.165, 1.54) is 0 Å². The van der Waals surface area contributed by atoms with Gasteiger partial charge < -0.3 is 18.1 Å². The van der Waals surface area contributed by atoms with E-state index in [9.17, 15) is 9.13 Å². The van der Waals surface area contributed by atoms with Crippen LogP contribution in [0.15, 0.2) is 29.2 Å². The summed E-state index contributed by atoms with van der Waals surface area (Å²) < 4.78 is 50.1. The van der Waals surface area contributed by atoms with E-state index in [1.807, 2.05) is 30.5 Å². The molecule has 0 radical (unpaired) electrons. The third-order valence-corrected chi connectivity index (χ3v) is 11.1. The molecule has 0 N–H and O–H groups in total. The third-order valence-electron chi connectivity index (χ3n) is 4.13. The van der Waals surface area contributed by atoms with Gasteiger partial charge in [-0.1, -0.05) is 12.1 Å². The van der Waals surface area contributed by atoms with Crippen molar-refractivity contribution in [2.75, 3.05) is 32.7 Å². The molecular weight excluding hydrogens is 430 g/mol. The fourth-order valence-electron chi connectivity index (χ4n) is 3.09. The molecule has 6 nitrogen and oxygen atoms in total. The minimum Gasteiger partial charge on any atom is -0.308 e. The maximum atomic E-state index is 13.9. The number of benzene rings is 1. The Labute approximate surface area is 179 Å². The average Bonchev–Trinajstić information content (AvgIpc) is 2.68. The zero-order valence-corrected chi connectivity index (χ0v) is 20.4. The maximum absolute atomic E-state index is 13.9. The average molecular weight is 462 g/mol. The van der Waals surface area contributed by atoms with Crippen LogP contribution in [0.5, 0.6) is 0 Å². The van der Waals surface area contributed by atoms with Gasteiger partial charge in [-0.25, -0.2) is 0 Å². The number of hydrogen-bond donors (Lipinski definition) is 0. The van der Waals surface area contributed by atoms with Gasteiger partial charge in [-0.05, 0) is 51.6 Å². The van der Waals surface area contributed by atoms with E-state index < -0.39 is 26.5 Å². The van der Waals surface area contributed by atoms with Gasteiger partial charge in [-0.2, -0.15) is 0 Å². The van der Waals surface area contributed by atoms with Crippen LogP contribution in [0.1, 0.15) is 45.6 Å². The quantitative estimate of drug-likeness (QED) is 0.181. The monoisotopic (exact) mass is 462 g/mol. The lowest BCUT2D eigenvalue weighted by atomic mass is 9.98. The zero-order chi connectivity index (χ0) is 21.9. The normalized spacial score (nSPS) is 13.4. The van der Waals surface area contributed by atoms with E-state index in [2.05, 4.69) is 5.92 Å². The van der Waals surface area contributed by atoms with Crippen molar-refractivity contribution in [3.05, 3.63) is 29.8 Å². The Bertz CT molecular complexity index is 696. The van der Waals surface area contributed by atoms with Crippen molar-refractivity contribution in [2.24, 2.45) is 0 Å². The van der Waals surface area contributed by atoms with Crippen LogP contribution in [0.4, 0.5) is 0 Å². The Hall–Kier alpha value is -0.570. The Balaban J connectivity index is 3.68. The molecular formula is C20H32O6P2S. The number of rotatable bonds is 14. The lowest BCUT2D eigenvalue weighted by Gasteiger charge is -2.36. The third kappa shape index (κ3) is 6.97. The van der Waals surface area contributed by atoms with Crippen LogP contribution in [-0.4, -0.2) is 38.1 Å². The predicted octanol–water partition coefficient (Wildman–Crippen LogP) is 6.37. The van der Waals surface area contributed by atoms with Gasteiger partial charge in [0.1, 0.15) is 0 Å². The molecule has 29 heavy (non-hydrogen) atoms. The van der Waals surface area contributed by atoms with E-state index >= 15 is 0 Å². The lowest BCUT2D eigenvalue weighted by Crippen LogP contribution is -2.25. The Morgan fingerprint density at radius 2 is 1.31 bits per heavy atom. The van der Waals surface area contributed by atoms with Crippen molar-refractivity contribution in [3.63, 3.8) is 0 Å². The summed E-state index contributed by atoms with van der Waals surface area (Å²) in [7, 11) is -7.79. The summed E-state index contributed by atoms with van der Waals surface area (Å²) in [6.45, 7) is 7.33. The summed E-state index contributed by atoms with van der Waals surface area (Å²) in [6.07, 6.45) is 7.80. The Morgan fingerprint density at radius 1 is 0.897 bits per heavy atom. The highest BCUT2D eigenvalue weighted by Gasteiger charge is 2.55. The molecule has 0 amide bonds. The fourth-order valence-corrected chi connectivity index (χ4v) is 9.32. The lowest BCUT2D eigenvalue weighted by molar-refractivity contribution is 0.191. The van der Waals surface area contributed by atoms with Crippen molar-refractivity contribution in [2.45, 2.75) is 50.3 Å². The molecule has 1 aromatic carbocycles. The van der Waals surface area contributed by atoms with Gasteiger partial charge in [0.15, 0.2) is 5.40 Å². The zero-order valence-electron chi connectivity index (χ0n) is 17.8. The largest absolute Gasteiger partial charge is 0.346 e. The smallest absolute Gasteiger partial charge is 0.308 e. The molecule has 0 aliphatic carbocycles. The van der Waals surface area contributed by atoms with Gasteiger partial charge in [0.05, 0.1) is 26.4 Å². The Kier molecular flexibility index (Phi) is 11.8. The van der Waals surface area contributed by atoms with Gasteiger partial charge >= 0.3 is 15.2 Å². The SMILES string of the molecule is C#CCC(c1ccc(SC)cc1)C(P(=O)(OCC)OCC)P(=O)(OCC)OCC. The summed E-state index contributed by atoms with van der Waals surface area (Å²) in [4.78, 5) is 1.07. The molecule has 0 bridgehead atoms. The van der Waals surface area contributed by atoms with Crippen molar-refractivity contribution in [1.29, 1.82) is 0 Å². The summed E-state index contributed by atoms with van der Waals surface area (Å²) in [5.74, 6) is 2.02. The van der Waals surface area contributed by atoms with Crippen molar-refractivity contribution in [1.82, 2.24) is 0 Å². The van der Waals surface area contributed by atoms with Gasteiger partial charge in [-0.15, -0.1) is 24.1 Å². The number of thioether (sulfide) groups is 1. The van der Waals surface area contributed by atoms with Crippen LogP contribution in [0.3, 0.4) is 0 Å². The van der Waals surface area contributed by atoms with Gasteiger partial charge in [-0.3, -0.25) is 9.13 Å². The van der Waals surface area contributed by atoms with Crippen molar-refractivity contribution < 1.29 is 27.2 Å². The molecule has 0 aliphatic rings. The molecule has 1 aromatic rings. The summed E-state index contributed by atoms with van der Waals surface area (Å²) in [5, 5.41) is -1.18. The molecule has 0 aliphatic heterocycles. The fraction of sp³-hybridized carbons (Fsp3) is 0.600. The standard InChI is InChI=1S/C20H32O6P2S/c1-7-12-19(17-13-15-18(29-6)16-14-17)20(27(21,23-8-2)24-9-3)28(22,25-10-4)26-11-5/h1,13-16,19-20H,8-12H2,2-6H3. The summed E-state index contributed by atoms with van der Waals surface area (Å²) >= 11 is 1.61. The molecule has 0 aromatic heterocycles. The van der Waals surface area contributed by atoms with E-state index in [0.29, 0.717) is 0 Å². The van der Waals surface area contributed by atoms with Crippen LogP contribution in [0, 0.1) is 12.3 Å².